The number of nitrogens with zero attached hydrogens (tertiary/aromatic N) is 2. The van der Waals surface area contributed by atoms with Crippen LogP contribution in [0.3, 0.4) is 0 Å². The molecule has 0 aromatic heterocycles. The summed E-state index contributed by atoms with van der Waals surface area (Å²) in [7, 11) is 0. The molecule has 3 unspecified atom stereocenters. The Bertz CT molecular complexity index is 736. The molecule has 1 fully saturated rings. The lowest BCUT2D eigenvalue weighted by Crippen LogP contribution is -2.59. The standard InChI is InChI=1S/C20H27N5/c1-14-11-16(8-10-25(14)13-15-5-3-2-4-6-15)20(22)17-7-9-23-19(17)24-12-18(20)21/h2-7,12,14,16H,8-11,13,21-22H2,1H3,(H,23,24). The summed E-state index contributed by atoms with van der Waals surface area (Å²) in [4.78, 5) is 6.96. The van der Waals surface area contributed by atoms with E-state index >= 15 is 0 Å². The lowest BCUT2D eigenvalue weighted by atomic mass is 9.69. The van der Waals surface area contributed by atoms with Crippen molar-refractivity contribution in [2.75, 3.05) is 13.1 Å². The Morgan fingerprint density at radius 2 is 2.12 bits per heavy atom. The molecule has 0 spiro atoms. The van der Waals surface area contributed by atoms with Crippen molar-refractivity contribution in [3.05, 3.63) is 59.4 Å². The fourth-order valence-corrected chi connectivity index (χ4v) is 4.46. The Morgan fingerprint density at radius 3 is 2.88 bits per heavy atom. The number of nitrogens with two attached hydrogens (primary N) is 2. The Balaban J connectivity index is 1.51. The van der Waals surface area contributed by atoms with Crippen LogP contribution in [0.2, 0.25) is 0 Å². The molecule has 5 N–H and O–H groups in total. The van der Waals surface area contributed by atoms with E-state index in [0.717, 1.165) is 43.9 Å². The van der Waals surface area contributed by atoms with E-state index in [4.69, 9.17) is 11.5 Å². The molecule has 0 saturated carbocycles. The Labute approximate surface area is 149 Å². The van der Waals surface area contributed by atoms with Crippen LogP contribution < -0.4 is 16.8 Å². The number of hydrogen-bond donors (Lipinski definition) is 3. The lowest BCUT2D eigenvalue weighted by molar-refractivity contribution is 0.0954. The van der Waals surface area contributed by atoms with Gasteiger partial charge in [0.05, 0.1) is 17.4 Å². The average Bonchev–Trinajstić information content (AvgIpc) is 3.11. The highest BCUT2D eigenvalue weighted by molar-refractivity contribution is 6.04. The summed E-state index contributed by atoms with van der Waals surface area (Å²) >= 11 is 0. The molecule has 5 nitrogen and oxygen atoms in total. The van der Waals surface area contributed by atoms with Crippen molar-refractivity contribution in [2.24, 2.45) is 22.4 Å². The normalized spacial score (nSPS) is 32.3. The van der Waals surface area contributed by atoms with Gasteiger partial charge in [0.25, 0.3) is 0 Å². The smallest absolute Gasteiger partial charge is 0.131 e. The number of likely N-dealkylation sites (tertiary alicyclic amines) is 1. The fourth-order valence-electron chi connectivity index (χ4n) is 4.46. The zero-order chi connectivity index (χ0) is 17.4. The van der Waals surface area contributed by atoms with Gasteiger partial charge < -0.3 is 16.8 Å². The predicted molar refractivity (Wildman–Crippen MR) is 102 cm³/mol. The third kappa shape index (κ3) is 2.77. The highest BCUT2D eigenvalue weighted by Gasteiger charge is 2.47. The molecule has 3 aliphatic rings. The molecular formula is C20H27N5. The van der Waals surface area contributed by atoms with Crippen molar-refractivity contribution in [3.63, 3.8) is 0 Å². The Hall–Kier alpha value is -2.11. The molecule has 3 heterocycles. The second-order valence-corrected chi connectivity index (χ2v) is 7.46. The zero-order valence-corrected chi connectivity index (χ0v) is 14.8. The number of fused-ring (bicyclic) bond motifs is 1. The first-order valence-electron chi connectivity index (χ1n) is 9.14. The van der Waals surface area contributed by atoms with E-state index in [9.17, 15) is 0 Å². The summed E-state index contributed by atoms with van der Waals surface area (Å²) < 4.78 is 0. The van der Waals surface area contributed by atoms with Crippen molar-refractivity contribution in [3.8, 4) is 0 Å². The van der Waals surface area contributed by atoms with Gasteiger partial charge in [0.1, 0.15) is 5.84 Å². The predicted octanol–water partition coefficient (Wildman–Crippen LogP) is 1.73. The van der Waals surface area contributed by atoms with Crippen LogP contribution in [-0.2, 0) is 6.54 Å². The number of hydrogen-bond acceptors (Lipinski definition) is 5. The van der Waals surface area contributed by atoms with Gasteiger partial charge in [0.15, 0.2) is 0 Å². The molecule has 5 heteroatoms. The van der Waals surface area contributed by atoms with Crippen molar-refractivity contribution >= 4 is 5.84 Å². The highest BCUT2D eigenvalue weighted by atomic mass is 15.2. The van der Waals surface area contributed by atoms with Gasteiger partial charge in [-0.3, -0.25) is 4.90 Å². The average molecular weight is 337 g/mol. The Kier molecular flexibility index (Phi) is 4.13. The van der Waals surface area contributed by atoms with Gasteiger partial charge in [-0.05, 0) is 37.8 Å². The minimum Gasteiger partial charge on any atom is -0.399 e. The van der Waals surface area contributed by atoms with Crippen LogP contribution in [0.1, 0.15) is 25.3 Å². The largest absolute Gasteiger partial charge is 0.399 e. The summed E-state index contributed by atoms with van der Waals surface area (Å²) in [6.45, 7) is 5.13. The van der Waals surface area contributed by atoms with Crippen molar-refractivity contribution in [2.45, 2.75) is 37.9 Å². The maximum Gasteiger partial charge on any atom is 0.131 e. The van der Waals surface area contributed by atoms with Crippen LogP contribution in [0.5, 0.6) is 0 Å². The van der Waals surface area contributed by atoms with Crippen LogP contribution in [-0.4, -0.2) is 35.4 Å². The van der Waals surface area contributed by atoms with Gasteiger partial charge >= 0.3 is 0 Å². The summed E-state index contributed by atoms with van der Waals surface area (Å²) in [5.41, 5.74) is 15.8. The van der Waals surface area contributed by atoms with Gasteiger partial charge in [-0.15, -0.1) is 0 Å². The topological polar surface area (TPSA) is 79.7 Å². The molecule has 4 rings (SSSR count). The van der Waals surface area contributed by atoms with Gasteiger partial charge in [0.2, 0.25) is 0 Å². The number of nitrogens with one attached hydrogen (secondary N) is 1. The number of aliphatic imine (C=N–C) groups is 1. The van der Waals surface area contributed by atoms with Gasteiger partial charge in [0, 0.05) is 24.7 Å². The summed E-state index contributed by atoms with van der Waals surface area (Å²) in [6.07, 6.45) is 5.99. The molecule has 1 aromatic carbocycles. The fraction of sp³-hybridized carbons (Fsp3) is 0.450. The van der Waals surface area contributed by atoms with E-state index < -0.39 is 5.54 Å². The molecule has 0 radical (unpaired) electrons. The maximum atomic E-state index is 6.92. The second kappa shape index (κ2) is 6.32. The highest BCUT2D eigenvalue weighted by Crippen LogP contribution is 2.40. The van der Waals surface area contributed by atoms with Crippen LogP contribution in [0.15, 0.2) is 58.9 Å². The SMILES string of the molecule is CC1CC(C2(N)C(N)=CN=C3NCC=C32)CCN1Cc1ccccc1. The van der Waals surface area contributed by atoms with Crippen LogP contribution in [0.25, 0.3) is 0 Å². The molecular weight excluding hydrogens is 310 g/mol. The third-order valence-corrected chi connectivity index (χ3v) is 5.97. The van der Waals surface area contributed by atoms with E-state index in [1.165, 1.54) is 5.56 Å². The number of amidine groups is 1. The molecule has 1 aromatic rings. The van der Waals surface area contributed by atoms with Crippen molar-refractivity contribution in [1.82, 2.24) is 10.2 Å². The number of piperidine rings is 1. The first kappa shape index (κ1) is 16.4. The molecule has 3 atom stereocenters. The quantitative estimate of drug-likeness (QED) is 0.785. The monoisotopic (exact) mass is 337 g/mol. The lowest BCUT2D eigenvalue weighted by Gasteiger charge is -2.47. The molecule has 0 amide bonds. The first-order valence-corrected chi connectivity index (χ1v) is 9.14. The van der Waals surface area contributed by atoms with Crippen molar-refractivity contribution < 1.29 is 0 Å². The van der Waals surface area contributed by atoms with Crippen LogP contribution in [0, 0.1) is 5.92 Å². The van der Waals surface area contributed by atoms with E-state index in [-0.39, 0.29) is 0 Å². The number of rotatable bonds is 3. The Morgan fingerprint density at radius 1 is 1.32 bits per heavy atom. The second-order valence-electron chi connectivity index (χ2n) is 7.46. The summed E-state index contributed by atoms with van der Waals surface area (Å²) in [5.74, 6) is 1.23. The summed E-state index contributed by atoms with van der Waals surface area (Å²) in [5, 5.41) is 3.29. The zero-order valence-electron chi connectivity index (χ0n) is 14.8. The van der Waals surface area contributed by atoms with Gasteiger partial charge in [-0.25, -0.2) is 4.99 Å². The van der Waals surface area contributed by atoms with Gasteiger partial charge in [-0.2, -0.15) is 0 Å². The molecule has 25 heavy (non-hydrogen) atoms. The van der Waals surface area contributed by atoms with E-state index in [2.05, 4.69) is 58.5 Å². The molecule has 0 aliphatic carbocycles. The first-order chi connectivity index (χ1) is 12.1. The molecule has 1 saturated heterocycles. The van der Waals surface area contributed by atoms with Crippen LogP contribution in [0.4, 0.5) is 0 Å². The maximum absolute atomic E-state index is 6.92. The van der Waals surface area contributed by atoms with E-state index in [1.807, 2.05) is 0 Å². The van der Waals surface area contributed by atoms with Gasteiger partial charge in [-0.1, -0.05) is 36.4 Å². The molecule has 132 valence electrons. The van der Waals surface area contributed by atoms with E-state index in [0.29, 0.717) is 17.7 Å². The molecule has 3 aliphatic heterocycles. The minimum absolute atomic E-state index is 0.336. The number of benzene rings is 1. The minimum atomic E-state index is -0.590. The van der Waals surface area contributed by atoms with Crippen LogP contribution >= 0.6 is 0 Å². The van der Waals surface area contributed by atoms with E-state index in [1.54, 1.807) is 6.20 Å². The molecule has 0 bridgehead atoms. The van der Waals surface area contributed by atoms with Crippen molar-refractivity contribution in [1.29, 1.82) is 0 Å². The summed E-state index contributed by atoms with van der Waals surface area (Å²) in [6, 6.07) is 11.2. The third-order valence-electron chi connectivity index (χ3n) is 5.97.